The zero-order valence-corrected chi connectivity index (χ0v) is 11.1. The van der Waals surface area contributed by atoms with E-state index in [4.69, 9.17) is 34.8 Å². The Labute approximate surface area is 118 Å². The van der Waals surface area contributed by atoms with Gasteiger partial charge >= 0.3 is 0 Å². The number of hydrogen-bond donors (Lipinski definition) is 0. The predicted molar refractivity (Wildman–Crippen MR) is 73.6 cm³/mol. The first-order valence-electron chi connectivity index (χ1n) is 4.88. The Morgan fingerprint density at radius 1 is 0.889 bits per heavy atom. The van der Waals surface area contributed by atoms with Crippen LogP contribution in [0.1, 0.15) is 0 Å². The van der Waals surface area contributed by atoms with E-state index in [9.17, 15) is 10.1 Å². The van der Waals surface area contributed by atoms with E-state index >= 15 is 0 Å². The smallest absolute Gasteiger partial charge is 0.258 e. The van der Waals surface area contributed by atoms with Crippen molar-refractivity contribution in [1.29, 1.82) is 0 Å². The van der Waals surface area contributed by atoms with E-state index in [1.165, 1.54) is 12.1 Å². The molecule has 0 saturated carbocycles. The maximum absolute atomic E-state index is 11.0. The van der Waals surface area contributed by atoms with Crippen LogP contribution in [-0.2, 0) is 0 Å². The molecule has 0 bridgehead atoms. The Morgan fingerprint density at radius 2 is 1.44 bits per heavy atom. The highest BCUT2D eigenvalue weighted by molar-refractivity contribution is 6.36. The summed E-state index contributed by atoms with van der Waals surface area (Å²) in [6.07, 6.45) is 0. The molecule has 0 spiro atoms. The van der Waals surface area contributed by atoms with E-state index in [0.717, 1.165) is 0 Å². The summed E-state index contributed by atoms with van der Waals surface area (Å²) in [6, 6.07) is 9.24. The van der Waals surface area contributed by atoms with Crippen LogP contribution in [0, 0.1) is 10.1 Å². The second-order valence-electron chi connectivity index (χ2n) is 3.54. The maximum atomic E-state index is 11.0. The molecule has 0 unspecified atom stereocenters. The van der Waals surface area contributed by atoms with Crippen LogP contribution in [0.5, 0.6) is 0 Å². The number of nitro benzene ring substituents is 1. The summed E-state index contributed by atoms with van der Waals surface area (Å²) in [5.74, 6) is 0. The molecule has 0 N–H and O–H groups in total. The molecule has 0 atom stereocenters. The van der Waals surface area contributed by atoms with Gasteiger partial charge in [-0.2, -0.15) is 0 Å². The molecule has 0 aromatic heterocycles. The Hall–Kier alpha value is -1.29. The van der Waals surface area contributed by atoms with Crippen LogP contribution in [-0.4, -0.2) is 4.92 Å². The van der Waals surface area contributed by atoms with Crippen molar-refractivity contribution in [2.45, 2.75) is 0 Å². The minimum absolute atomic E-state index is 0.0910. The molecule has 0 aliphatic rings. The first-order chi connectivity index (χ1) is 8.49. The third-order valence-electron chi connectivity index (χ3n) is 2.38. The van der Waals surface area contributed by atoms with E-state index in [0.29, 0.717) is 26.2 Å². The van der Waals surface area contributed by atoms with Gasteiger partial charge in [0.15, 0.2) is 0 Å². The normalized spacial score (nSPS) is 10.4. The molecule has 0 radical (unpaired) electrons. The van der Waals surface area contributed by atoms with Gasteiger partial charge in [-0.05, 0) is 24.3 Å². The van der Waals surface area contributed by atoms with Crippen molar-refractivity contribution in [2.24, 2.45) is 0 Å². The molecular weight excluding hydrogens is 296 g/mol. The number of nitro groups is 1. The number of benzene rings is 2. The quantitative estimate of drug-likeness (QED) is 0.563. The minimum Gasteiger partial charge on any atom is -0.258 e. The highest BCUT2D eigenvalue weighted by Gasteiger charge is 2.17. The maximum Gasteiger partial charge on any atom is 0.278 e. The van der Waals surface area contributed by atoms with E-state index in [1.807, 2.05) is 0 Å². The van der Waals surface area contributed by atoms with E-state index < -0.39 is 4.92 Å². The fourth-order valence-corrected chi connectivity index (χ4v) is 2.27. The van der Waals surface area contributed by atoms with E-state index in [2.05, 4.69) is 0 Å². The largest absolute Gasteiger partial charge is 0.278 e. The molecule has 2 aromatic carbocycles. The molecular formula is C12H6Cl3NO2. The summed E-state index contributed by atoms with van der Waals surface area (Å²) in [5, 5.41) is 12.1. The number of rotatable bonds is 2. The van der Waals surface area contributed by atoms with Gasteiger partial charge in [0, 0.05) is 21.7 Å². The van der Waals surface area contributed by atoms with Crippen molar-refractivity contribution in [2.75, 3.05) is 0 Å². The van der Waals surface area contributed by atoms with E-state index in [1.54, 1.807) is 24.3 Å². The molecule has 92 valence electrons. The molecule has 3 nitrogen and oxygen atoms in total. The van der Waals surface area contributed by atoms with Gasteiger partial charge in [0.1, 0.15) is 0 Å². The predicted octanol–water partition coefficient (Wildman–Crippen LogP) is 5.22. The van der Waals surface area contributed by atoms with Gasteiger partial charge in [-0.15, -0.1) is 0 Å². The lowest BCUT2D eigenvalue weighted by molar-refractivity contribution is -0.384. The third-order valence-corrected chi connectivity index (χ3v) is 3.16. The van der Waals surface area contributed by atoms with Crippen molar-refractivity contribution in [3.8, 4) is 11.1 Å². The fourth-order valence-electron chi connectivity index (χ4n) is 1.59. The standard InChI is InChI=1S/C12H6Cl3NO2/c13-7-1-3-9(11(15)5-7)10-4-2-8(14)6-12(10)16(17)18/h1-6H. The summed E-state index contributed by atoms with van der Waals surface area (Å²) in [7, 11) is 0. The summed E-state index contributed by atoms with van der Waals surface area (Å²) >= 11 is 17.6. The van der Waals surface area contributed by atoms with Crippen LogP contribution in [0.2, 0.25) is 15.1 Å². The lowest BCUT2D eigenvalue weighted by atomic mass is 10.0. The molecule has 2 rings (SSSR count). The zero-order valence-electron chi connectivity index (χ0n) is 8.86. The molecule has 6 heteroatoms. The third kappa shape index (κ3) is 2.58. The zero-order chi connectivity index (χ0) is 13.3. The molecule has 0 fully saturated rings. The second-order valence-corrected chi connectivity index (χ2v) is 4.82. The number of halogens is 3. The van der Waals surface area contributed by atoms with E-state index in [-0.39, 0.29) is 5.69 Å². The summed E-state index contributed by atoms with van der Waals surface area (Å²) in [5.41, 5.74) is 0.863. The first-order valence-corrected chi connectivity index (χ1v) is 6.02. The molecule has 0 saturated heterocycles. The van der Waals surface area contributed by atoms with Crippen LogP contribution in [0.15, 0.2) is 36.4 Å². The Balaban J connectivity index is 2.67. The van der Waals surface area contributed by atoms with Gasteiger partial charge in [0.05, 0.1) is 15.5 Å². The Bertz CT molecular complexity index is 629. The van der Waals surface area contributed by atoms with Gasteiger partial charge in [-0.1, -0.05) is 40.9 Å². The van der Waals surface area contributed by atoms with Crippen molar-refractivity contribution >= 4 is 40.5 Å². The van der Waals surface area contributed by atoms with Crippen molar-refractivity contribution < 1.29 is 4.92 Å². The average Bonchev–Trinajstić information content (AvgIpc) is 2.29. The molecule has 2 aromatic rings. The van der Waals surface area contributed by atoms with Crippen molar-refractivity contribution in [3.05, 3.63) is 61.6 Å². The summed E-state index contributed by atoms with van der Waals surface area (Å²) < 4.78 is 0. The molecule has 0 aliphatic heterocycles. The molecule has 0 amide bonds. The number of hydrogen-bond acceptors (Lipinski definition) is 2. The van der Waals surface area contributed by atoms with Crippen LogP contribution >= 0.6 is 34.8 Å². The lowest BCUT2D eigenvalue weighted by Gasteiger charge is -2.06. The molecule has 0 aliphatic carbocycles. The summed E-state index contributed by atoms with van der Waals surface area (Å²) in [6.45, 7) is 0. The Kier molecular flexibility index (Phi) is 3.76. The first kappa shape index (κ1) is 13.1. The van der Waals surface area contributed by atoms with Crippen LogP contribution in [0.25, 0.3) is 11.1 Å². The van der Waals surface area contributed by atoms with Gasteiger partial charge < -0.3 is 0 Å². The second kappa shape index (κ2) is 5.14. The van der Waals surface area contributed by atoms with Crippen LogP contribution < -0.4 is 0 Å². The van der Waals surface area contributed by atoms with Crippen molar-refractivity contribution in [3.63, 3.8) is 0 Å². The minimum atomic E-state index is -0.494. The van der Waals surface area contributed by atoms with Gasteiger partial charge in [-0.25, -0.2) is 0 Å². The van der Waals surface area contributed by atoms with Crippen LogP contribution in [0.4, 0.5) is 5.69 Å². The monoisotopic (exact) mass is 301 g/mol. The highest BCUT2D eigenvalue weighted by Crippen LogP contribution is 2.37. The van der Waals surface area contributed by atoms with Crippen LogP contribution in [0.3, 0.4) is 0 Å². The highest BCUT2D eigenvalue weighted by atomic mass is 35.5. The van der Waals surface area contributed by atoms with Gasteiger partial charge in [0.25, 0.3) is 5.69 Å². The van der Waals surface area contributed by atoms with Gasteiger partial charge in [-0.3, -0.25) is 10.1 Å². The molecule has 0 heterocycles. The average molecular weight is 303 g/mol. The SMILES string of the molecule is O=[N+]([O-])c1cc(Cl)ccc1-c1ccc(Cl)cc1Cl. The van der Waals surface area contributed by atoms with Gasteiger partial charge in [0.2, 0.25) is 0 Å². The molecule has 18 heavy (non-hydrogen) atoms. The Morgan fingerprint density at radius 3 is 2.00 bits per heavy atom. The topological polar surface area (TPSA) is 43.1 Å². The number of nitrogens with zero attached hydrogens (tertiary/aromatic N) is 1. The fraction of sp³-hybridized carbons (Fsp3) is 0. The summed E-state index contributed by atoms with van der Waals surface area (Å²) in [4.78, 5) is 10.5. The van der Waals surface area contributed by atoms with Crippen molar-refractivity contribution in [1.82, 2.24) is 0 Å². The lowest BCUT2D eigenvalue weighted by Crippen LogP contribution is -1.92.